The Labute approximate surface area is 182 Å². The lowest BCUT2D eigenvalue weighted by Gasteiger charge is -2.22. The minimum absolute atomic E-state index is 0.0390. The first-order valence-corrected chi connectivity index (χ1v) is 10.3. The lowest BCUT2D eigenvalue weighted by atomic mass is 9.80. The van der Waals surface area contributed by atoms with E-state index in [0.717, 1.165) is 6.42 Å². The van der Waals surface area contributed by atoms with E-state index in [9.17, 15) is 24.5 Å². The summed E-state index contributed by atoms with van der Waals surface area (Å²) < 4.78 is 16.2. The predicted octanol–water partition coefficient (Wildman–Crippen LogP) is 3.31. The SMILES string of the molecule is O=C(COC(=O)[C@@H]1[C@@H]2C[C@@H]3[C@@H]1C(=O)O[C@@H]3C2)c1ccc(Oc2ccc([N+](=O)[O-])cc2)cc1. The summed E-state index contributed by atoms with van der Waals surface area (Å²) in [5, 5.41) is 10.7. The smallest absolute Gasteiger partial charge is 0.310 e. The van der Waals surface area contributed by atoms with Crippen molar-refractivity contribution >= 4 is 23.4 Å². The number of ketones is 1. The Balaban J connectivity index is 1.16. The average molecular weight is 437 g/mol. The zero-order chi connectivity index (χ0) is 22.4. The second-order valence-corrected chi connectivity index (χ2v) is 8.33. The molecule has 5 atom stereocenters. The van der Waals surface area contributed by atoms with Crippen LogP contribution in [-0.4, -0.2) is 35.4 Å². The number of rotatable bonds is 7. The van der Waals surface area contributed by atoms with Crippen LogP contribution in [0.5, 0.6) is 11.5 Å². The summed E-state index contributed by atoms with van der Waals surface area (Å²) in [7, 11) is 0. The van der Waals surface area contributed by atoms with Gasteiger partial charge in [0.15, 0.2) is 12.4 Å². The second kappa shape index (κ2) is 7.74. The summed E-state index contributed by atoms with van der Waals surface area (Å²) in [5.74, 6) is -1.10. The van der Waals surface area contributed by atoms with Crippen molar-refractivity contribution in [1.82, 2.24) is 0 Å². The third kappa shape index (κ3) is 3.49. The summed E-state index contributed by atoms with van der Waals surface area (Å²) in [5.41, 5.74) is 0.310. The Morgan fingerprint density at radius 3 is 2.34 bits per heavy atom. The summed E-state index contributed by atoms with van der Waals surface area (Å²) in [6.45, 7) is -0.402. The van der Waals surface area contributed by atoms with Crippen molar-refractivity contribution in [1.29, 1.82) is 0 Å². The van der Waals surface area contributed by atoms with Crippen molar-refractivity contribution in [3.63, 3.8) is 0 Å². The van der Waals surface area contributed by atoms with E-state index in [0.29, 0.717) is 23.5 Å². The van der Waals surface area contributed by atoms with Crippen LogP contribution in [-0.2, 0) is 19.1 Å². The molecule has 1 aliphatic heterocycles. The molecule has 0 aromatic heterocycles. The van der Waals surface area contributed by atoms with Crippen LogP contribution in [0, 0.1) is 33.8 Å². The van der Waals surface area contributed by atoms with Gasteiger partial charge in [0.2, 0.25) is 0 Å². The van der Waals surface area contributed by atoms with E-state index in [4.69, 9.17) is 14.2 Å². The number of esters is 2. The maximum atomic E-state index is 12.6. The van der Waals surface area contributed by atoms with Gasteiger partial charge in [0.25, 0.3) is 5.69 Å². The highest BCUT2D eigenvalue weighted by atomic mass is 16.6. The van der Waals surface area contributed by atoms with Gasteiger partial charge in [-0.2, -0.15) is 0 Å². The van der Waals surface area contributed by atoms with Gasteiger partial charge >= 0.3 is 11.9 Å². The van der Waals surface area contributed by atoms with Crippen molar-refractivity contribution in [3.8, 4) is 11.5 Å². The number of nitro groups is 1. The van der Waals surface area contributed by atoms with Crippen molar-refractivity contribution in [2.24, 2.45) is 23.7 Å². The molecule has 2 saturated carbocycles. The molecule has 0 amide bonds. The summed E-state index contributed by atoms with van der Waals surface area (Å²) in [4.78, 5) is 47.3. The first-order valence-electron chi connectivity index (χ1n) is 10.3. The Kier molecular flexibility index (Phi) is 4.88. The third-order valence-corrected chi connectivity index (χ3v) is 6.56. The molecular weight excluding hydrogens is 418 g/mol. The van der Waals surface area contributed by atoms with Crippen LogP contribution in [0.1, 0.15) is 23.2 Å². The molecule has 0 unspecified atom stereocenters. The molecule has 2 aromatic rings. The molecule has 3 fully saturated rings. The third-order valence-electron chi connectivity index (χ3n) is 6.56. The molecule has 2 bridgehead atoms. The molecule has 32 heavy (non-hydrogen) atoms. The maximum Gasteiger partial charge on any atom is 0.310 e. The van der Waals surface area contributed by atoms with E-state index in [1.165, 1.54) is 24.3 Å². The van der Waals surface area contributed by atoms with Crippen molar-refractivity contribution in [2.45, 2.75) is 18.9 Å². The van der Waals surface area contributed by atoms with Crippen molar-refractivity contribution in [3.05, 3.63) is 64.2 Å². The normalized spacial score (nSPS) is 27.1. The van der Waals surface area contributed by atoms with Gasteiger partial charge in [-0.15, -0.1) is 0 Å². The number of Topliss-reactive ketones (excluding diaryl/α,β-unsaturated/α-hetero) is 1. The number of carbonyl (C=O) groups is 3. The fourth-order valence-corrected chi connectivity index (χ4v) is 5.12. The van der Waals surface area contributed by atoms with Gasteiger partial charge in [-0.05, 0) is 55.2 Å². The number of ether oxygens (including phenoxy) is 3. The monoisotopic (exact) mass is 437 g/mol. The van der Waals surface area contributed by atoms with E-state index in [1.807, 2.05) is 0 Å². The average Bonchev–Trinajstić information content (AvgIpc) is 3.41. The number of nitrogens with zero attached hydrogens (tertiary/aromatic N) is 1. The highest BCUT2D eigenvalue weighted by molar-refractivity contribution is 5.98. The first kappa shape index (κ1) is 20.2. The lowest BCUT2D eigenvalue weighted by Crippen LogP contribution is -2.34. The highest BCUT2D eigenvalue weighted by Gasteiger charge is 2.64. The Hall–Kier alpha value is -3.75. The van der Waals surface area contributed by atoms with Gasteiger partial charge in [0.1, 0.15) is 17.6 Å². The molecule has 1 saturated heterocycles. The van der Waals surface area contributed by atoms with Gasteiger partial charge in [-0.25, -0.2) is 0 Å². The minimum Gasteiger partial charge on any atom is -0.462 e. The van der Waals surface area contributed by atoms with Gasteiger partial charge in [-0.3, -0.25) is 24.5 Å². The first-order chi connectivity index (χ1) is 15.4. The van der Waals surface area contributed by atoms with Crippen molar-refractivity contribution in [2.75, 3.05) is 6.61 Å². The maximum absolute atomic E-state index is 12.6. The van der Waals surface area contributed by atoms with Crippen molar-refractivity contribution < 1.29 is 33.5 Å². The van der Waals surface area contributed by atoms with Crippen LogP contribution < -0.4 is 4.74 Å². The fourth-order valence-electron chi connectivity index (χ4n) is 5.12. The van der Waals surface area contributed by atoms with Crippen LogP contribution in [0.3, 0.4) is 0 Å². The van der Waals surface area contributed by atoms with Crippen LogP contribution >= 0.6 is 0 Å². The molecular formula is C23H19NO8. The quantitative estimate of drug-likeness (QED) is 0.280. The highest BCUT2D eigenvalue weighted by Crippen LogP contribution is 2.57. The molecule has 1 heterocycles. The Morgan fingerprint density at radius 1 is 1.03 bits per heavy atom. The molecule has 0 spiro atoms. The fraction of sp³-hybridized carbons (Fsp3) is 0.348. The van der Waals surface area contributed by atoms with Gasteiger partial charge < -0.3 is 14.2 Å². The van der Waals surface area contributed by atoms with E-state index >= 15 is 0 Å². The van der Waals surface area contributed by atoms with E-state index < -0.39 is 29.3 Å². The largest absolute Gasteiger partial charge is 0.462 e. The number of hydrogen-bond donors (Lipinski definition) is 0. The second-order valence-electron chi connectivity index (χ2n) is 8.33. The molecule has 0 N–H and O–H groups in total. The lowest BCUT2D eigenvalue weighted by molar-refractivity contribution is -0.384. The number of hydrogen-bond acceptors (Lipinski definition) is 8. The van der Waals surface area contributed by atoms with E-state index in [1.54, 1.807) is 24.3 Å². The molecule has 2 aliphatic carbocycles. The number of nitro benzene ring substituents is 1. The summed E-state index contributed by atoms with van der Waals surface area (Å²) in [6.07, 6.45) is 1.43. The Morgan fingerprint density at radius 2 is 1.69 bits per heavy atom. The molecule has 5 rings (SSSR count). The number of non-ortho nitro benzene ring substituents is 1. The van der Waals surface area contributed by atoms with Crippen LogP contribution in [0.2, 0.25) is 0 Å². The van der Waals surface area contributed by atoms with Gasteiger partial charge in [0, 0.05) is 23.6 Å². The molecule has 3 aliphatic rings. The minimum atomic E-state index is -0.517. The number of carbonyl (C=O) groups excluding carboxylic acids is 3. The summed E-state index contributed by atoms with van der Waals surface area (Å²) >= 11 is 0. The van der Waals surface area contributed by atoms with Crippen LogP contribution in [0.15, 0.2) is 48.5 Å². The van der Waals surface area contributed by atoms with Crippen LogP contribution in [0.25, 0.3) is 0 Å². The zero-order valence-corrected chi connectivity index (χ0v) is 16.8. The molecule has 0 radical (unpaired) electrons. The topological polar surface area (TPSA) is 122 Å². The standard InChI is InChI=1S/C23H19NO8/c25-18(11-30-22(26)20-13-9-17-19(10-13)32-23(27)21(17)20)12-1-5-15(6-2-12)31-16-7-3-14(4-8-16)24(28)29/h1-8,13,17,19-21H,9-11H2/t13-,17+,19-,20-,21+/m1/s1. The molecule has 2 aromatic carbocycles. The number of fused-ring (bicyclic) bond motifs is 1. The zero-order valence-electron chi connectivity index (χ0n) is 16.8. The van der Waals surface area contributed by atoms with Gasteiger partial charge in [0.05, 0.1) is 16.8 Å². The Bertz CT molecular complexity index is 1090. The molecule has 9 nitrogen and oxygen atoms in total. The predicted molar refractivity (Wildman–Crippen MR) is 108 cm³/mol. The molecule has 164 valence electrons. The van der Waals surface area contributed by atoms with E-state index in [2.05, 4.69) is 0 Å². The van der Waals surface area contributed by atoms with Gasteiger partial charge in [-0.1, -0.05) is 0 Å². The summed E-state index contributed by atoms with van der Waals surface area (Å²) in [6, 6.07) is 11.9. The van der Waals surface area contributed by atoms with E-state index in [-0.39, 0.29) is 35.4 Å². The number of benzene rings is 2. The molecule has 9 heteroatoms. The van der Waals surface area contributed by atoms with Crippen LogP contribution in [0.4, 0.5) is 5.69 Å².